The van der Waals surface area contributed by atoms with Crippen LogP contribution in [0.15, 0.2) is 60.8 Å². The normalized spacial score (nSPS) is 13.6. The molecule has 0 saturated carbocycles. The highest BCUT2D eigenvalue weighted by Crippen LogP contribution is 2.14. The van der Waals surface area contributed by atoms with Crippen LogP contribution in [0.25, 0.3) is 0 Å². The van der Waals surface area contributed by atoms with E-state index in [4.69, 9.17) is 0 Å². The second-order valence-corrected chi connectivity index (χ2v) is 14.4. The Hall–Kier alpha value is -1.91. The largest absolute Gasteiger partial charge is 0.394 e. The second kappa shape index (κ2) is 41.5. The van der Waals surface area contributed by atoms with Crippen LogP contribution in [0.2, 0.25) is 0 Å². The molecule has 0 aromatic rings. The van der Waals surface area contributed by atoms with Gasteiger partial charge in [0.05, 0.1) is 18.8 Å². The number of allylic oxidation sites excluding steroid dienone is 9. The summed E-state index contributed by atoms with van der Waals surface area (Å²) in [6.45, 7) is 4.20. The molecule has 3 N–H and O–H groups in total. The number of carbonyl (C=O) groups excluding carboxylic acids is 1. The molecule has 4 heteroatoms. The van der Waals surface area contributed by atoms with Gasteiger partial charge < -0.3 is 15.5 Å². The van der Waals surface area contributed by atoms with E-state index < -0.39 is 12.1 Å². The highest BCUT2D eigenvalue weighted by Gasteiger charge is 2.17. The van der Waals surface area contributed by atoms with Crippen LogP contribution in [0.1, 0.15) is 206 Å². The van der Waals surface area contributed by atoms with Gasteiger partial charge in [0, 0.05) is 6.42 Å². The van der Waals surface area contributed by atoms with Crippen LogP contribution in [0.3, 0.4) is 0 Å². The third-order valence-corrected chi connectivity index (χ3v) is 9.43. The molecule has 0 aromatic carbocycles. The van der Waals surface area contributed by atoms with E-state index in [-0.39, 0.29) is 12.5 Å². The van der Waals surface area contributed by atoms with Gasteiger partial charge in [-0.3, -0.25) is 4.79 Å². The minimum absolute atomic E-state index is 0.0815. The van der Waals surface area contributed by atoms with Gasteiger partial charge in [0.2, 0.25) is 5.91 Å². The van der Waals surface area contributed by atoms with Crippen molar-refractivity contribution >= 4 is 5.91 Å². The number of carbonyl (C=O) groups is 1. The van der Waals surface area contributed by atoms with Gasteiger partial charge in [-0.25, -0.2) is 0 Å². The zero-order valence-electron chi connectivity index (χ0n) is 33.2. The number of unbranched alkanes of at least 4 members (excludes halogenated alkanes) is 23. The monoisotopic (exact) mass is 698 g/mol. The zero-order valence-corrected chi connectivity index (χ0v) is 33.2. The topological polar surface area (TPSA) is 69.6 Å². The first kappa shape index (κ1) is 48.1. The fourth-order valence-corrected chi connectivity index (χ4v) is 6.13. The smallest absolute Gasteiger partial charge is 0.220 e. The van der Waals surface area contributed by atoms with Crippen LogP contribution in [0.4, 0.5) is 0 Å². The lowest BCUT2D eigenvalue weighted by molar-refractivity contribution is -0.123. The van der Waals surface area contributed by atoms with E-state index in [1.807, 2.05) is 6.08 Å². The summed E-state index contributed by atoms with van der Waals surface area (Å²) in [5.41, 5.74) is 0. The lowest BCUT2D eigenvalue weighted by Crippen LogP contribution is -2.45. The van der Waals surface area contributed by atoms with Crippen molar-refractivity contribution < 1.29 is 15.0 Å². The zero-order chi connectivity index (χ0) is 36.4. The Bertz CT molecular complexity index is 842. The number of amides is 1. The Morgan fingerprint density at radius 2 is 0.880 bits per heavy atom. The second-order valence-electron chi connectivity index (χ2n) is 14.4. The predicted octanol–water partition coefficient (Wildman–Crippen LogP) is 13.3. The van der Waals surface area contributed by atoms with Crippen molar-refractivity contribution in [2.45, 2.75) is 219 Å². The molecule has 0 aliphatic carbocycles. The van der Waals surface area contributed by atoms with Crippen LogP contribution in [-0.4, -0.2) is 34.9 Å². The summed E-state index contributed by atoms with van der Waals surface area (Å²) in [6.07, 6.45) is 57.7. The molecule has 0 aliphatic rings. The number of hydrogen-bond donors (Lipinski definition) is 3. The van der Waals surface area contributed by atoms with E-state index in [0.29, 0.717) is 6.42 Å². The molecule has 2 atom stereocenters. The van der Waals surface area contributed by atoms with Crippen molar-refractivity contribution in [3.8, 4) is 0 Å². The summed E-state index contributed by atoms with van der Waals surface area (Å²) in [5, 5.41) is 22.9. The summed E-state index contributed by atoms with van der Waals surface area (Å²) in [7, 11) is 0. The van der Waals surface area contributed by atoms with Gasteiger partial charge in [-0.2, -0.15) is 0 Å². The number of rotatable bonds is 38. The first-order chi connectivity index (χ1) is 24.7. The molecule has 0 aliphatic heterocycles. The van der Waals surface area contributed by atoms with Crippen LogP contribution < -0.4 is 5.32 Å². The Morgan fingerprint density at radius 3 is 1.34 bits per heavy atom. The average Bonchev–Trinajstić information content (AvgIpc) is 3.12. The predicted molar refractivity (Wildman–Crippen MR) is 221 cm³/mol. The molecule has 0 bridgehead atoms. The maximum Gasteiger partial charge on any atom is 0.220 e. The third kappa shape index (κ3) is 37.3. The molecule has 1 amide bonds. The maximum atomic E-state index is 12.3. The number of aliphatic hydroxyl groups excluding tert-OH is 2. The molecule has 0 saturated heterocycles. The van der Waals surface area contributed by atoms with Gasteiger partial charge in [-0.05, 0) is 70.6 Å². The van der Waals surface area contributed by atoms with E-state index in [1.165, 1.54) is 135 Å². The molecule has 0 heterocycles. The molecule has 0 fully saturated rings. The Labute approximate surface area is 311 Å². The minimum Gasteiger partial charge on any atom is -0.394 e. The molecule has 0 radical (unpaired) electrons. The highest BCUT2D eigenvalue weighted by atomic mass is 16.3. The lowest BCUT2D eigenvalue weighted by atomic mass is 10.0. The SMILES string of the molecule is CCC/C=C/CC/C=C/CC/C=C/C(O)C(CO)NC(=O)CCCCCCCCCCCCCCCCC/C=C\C/C=C\CCCCCCC. The first-order valence-corrected chi connectivity index (χ1v) is 21.5. The quantitative estimate of drug-likeness (QED) is 0.0444. The standard InChI is InChI=1S/C46H83NO3/c1-3-5-7-9-11-13-15-16-17-18-19-20-21-22-23-24-25-26-27-28-29-30-32-34-36-38-40-42-46(50)47-44(43-48)45(49)41-39-37-35-33-31-14-12-10-8-6-4-2/h8,10,15-16,18-19,31,33,39,41,44-45,48-49H,3-7,9,11-14,17,20-30,32,34-38,40,42-43H2,1-2H3,(H,47,50)/b10-8+,16-15-,19-18-,33-31+,41-39+. The molecule has 0 rings (SSSR count). The van der Waals surface area contributed by atoms with E-state index in [1.54, 1.807) is 6.08 Å². The molecule has 4 nitrogen and oxygen atoms in total. The van der Waals surface area contributed by atoms with E-state index in [2.05, 4.69) is 67.8 Å². The minimum atomic E-state index is -0.869. The Kier molecular flexibility index (Phi) is 39.9. The highest BCUT2D eigenvalue weighted by molar-refractivity contribution is 5.76. The Morgan fingerprint density at radius 1 is 0.480 bits per heavy atom. The van der Waals surface area contributed by atoms with Gasteiger partial charge in [0.1, 0.15) is 0 Å². The molecule has 2 unspecified atom stereocenters. The average molecular weight is 698 g/mol. The Balaban J connectivity index is 3.53. The van der Waals surface area contributed by atoms with E-state index >= 15 is 0 Å². The third-order valence-electron chi connectivity index (χ3n) is 9.43. The van der Waals surface area contributed by atoms with Gasteiger partial charge >= 0.3 is 0 Å². The van der Waals surface area contributed by atoms with Gasteiger partial charge in [-0.1, -0.05) is 190 Å². The van der Waals surface area contributed by atoms with Crippen molar-refractivity contribution in [3.05, 3.63) is 60.8 Å². The van der Waals surface area contributed by atoms with Crippen molar-refractivity contribution in [3.63, 3.8) is 0 Å². The number of aliphatic hydroxyl groups is 2. The van der Waals surface area contributed by atoms with Gasteiger partial charge in [0.15, 0.2) is 0 Å². The molecule has 0 spiro atoms. The van der Waals surface area contributed by atoms with Crippen molar-refractivity contribution in [2.75, 3.05) is 6.61 Å². The first-order valence-electron chi connectivity index (χ1n) is 21.5. The van der Waals surface area contributed by atoms with Crippen molar-refractivity contribution in [2.24, 2.45) is 0 Å². The molecule has 0 aromatic heterocycles. The van der Waals surface area contributed by atoms with Crippen molar-refractivity contribution in [1.82, 2.24) is 5.32 Å². The number of hydrogen-bond acceptors (Lipinski definition) is 3. The van der Waals surface area contributed by atoms with Crippen LogP contribution >= 0.6 is 0 Å². The summed E-state index contributed by atoms with van der Waals surface area (Å²) < 4.78 is 0. The van der Waals surface area contributed by atoms with Gasteiger partial charge in [0.25, 0.3) is 0 Å². The molecular formula is C46H83NO3. The molecular weight excluding hydrogens is 615 g/mol. The fraction of sp³-hybridized carbons (Fsp3) is 0.761. The number of nitrogens with one attached hydrogen (secondary N) is 1. The maximum absolute atomic E-state index is 12.3. The van der Waals surface area contributed by atoms with E-state index in [0.717, 1.165) is 51.4 Å². The lowest BCUT2D eigenvalue weighted by Gasteiger charge is -2.19. The van der Waals surface area contributed by atoms with Crippen LogP contribution in [0, 0.1) is 0 Å². The summed E-state index contributed by atoms with van der Waals surface area (Å²) in [4.78, 5) is 12.3. The summed E-state index contributed by atoms with van der Waals surface area (Å²) in [5.74, 6) is -0.0815. The van der Waals surface area contributed by atoms with Crippen LogP contribution in [0.5, 0.6) is 0 Å². The van der Waals surface area contributed by atoms with E-state index in [9.17, 15) is 15.0 Å². The van der Waals surface area contributed by atoms with Crippen molar-refractivity contribution in [1.29, 1.82) is 0 Å². The summed E-state index contributed by atoms with van der Waals surface area (Å²) in [6, 6.07) is -0.644. The molecule has 50 heavy (non-hydrogen) atoms. The summed E-state index contributed by atoms with van der Waals surface area (Å²) >= 11 is 0. The molecule has 290 valence electrons. The van der Waals surface area contributed by atoms with Gasteiger partial charge in [-0.15, -0.1) is 0 Å². The fourth-order valence-electron chi connectivity index (χ4n) is 6.13. The van der Waals surface area contributed by atoms with Crippen LogP contribution in [-0.2, 0) is 4.79 Å².